The first-order chi connectivity index (χ1) is 13.3. The van der Waals surface area contributed by atoms with Crippen LogP contribution in [0.5, 0.6) is 5.75 Å². The van der Waals surface area contributed by atoms with Gasteiger partial charge in [0.2, 0.25) is 10.0 Å². The van der Waals surface area contributed by atoms with Crippen molar-refractivity contribution >= 4 is 21.5 Å². The van der Waals surface area contributed by atoms with Crippen molar-refractivity contribution in [2.45, 2.75) is 0 Å². The lowest BCUT2D eigenvalue weighted by atomic mass is 9.98. The molecule has 2 aromatic carbocycles. The molecule has 0 aliphatic rings. The van der Waals surface area contributed by atoms with E-state index in [9.17, 15) is 13.7 Å². The molecular weight excluding hydrogens is 376 g/mol. The topological polar surface area (TPSA) is 118 Å². The Morgan fingerprint density at radius 2 is 1.82 bits per heavy atom. The second kappa shape index (κ2) is 7.58. The summed E-state index contributed by atoms with van der Waals surface area (Å²) < 4.78 is 30.6. The molecule has 0 fully saturated rings. The second-order valence-corrected chi connectivity index (χ2v) is 7.86. The fourth-order valence-corrected chi connectivity index (χ4v) is 3.34. The maximum atomic E-state index is 11.5. The van der Waals surface area contributed by atoms with E-state index in [1.54, 1.807) is 49.6 Å². The Hall–Kier alpha value is -3.57. The number of ether oxygens (including phenoxy) is 1. The number of pyridine rings is 1. The van der Waals surface area contributed by atoms with E-state index in [4.69, 9.17) is 10.5 Å². The van der Waals surface area contributed by atoms with Gasteiger partial charge in [-0.15, -0.1) is 0 Å². The highest BCUT2D eigenvalue weighted by atomic mass is 32.2. The van der Waals surface area contributed by atoms with E-state index >= 15 is 0 Å². The first-order valence-corrected chi connectivity index (χ1v) is 10.1. The van der Waals surface area contributed by atoms with Crippen molar-refractivity contribution in [1.82, 2.24) is 4.98 Å². The van der Waals surface area contributed by atoms with Gasteiger partial charge in [0.1, 0.15) is 23.2 Å². The molecule has 0 radical (unpaired) electrons. The number of hydrogen-bond acceptors (Lipinski definition) is 6. The summed E-state index contributed by atoms with van der Waals surface area (Å²) in [6, 6.07) is 17.9. The Kier molecular flexibility index (Phi) is 5.20. The molecule has 142 valence electrons. The van der Waals surface area contributed by atoms with Gasteiger partial charge in [-0.05, 0) is 35.9 Å². The Labute approximate surface area is 163 Å². The summed E-state index contributed by atoms with van der Waals surface area (Å²) in [5.74, 6) is 0.802. The molecule has 0 spiro atoms. The zero-order valence-corrected chi connectivity index (χ0v) is 16.1. The fraction of sp³-hybridized carbons (Fsp3) is 0.100. The van der Waals surface area contributed by atoms with Crippen LogP contribution in [0.25, 0.3) is 22.4 Å². The molecule has 0 aliphatic heterocycles. The lowest BCUT2D eigenvalue weighted by Gasteiger charge is -2.12. The highest BCUT2D eigenvalue weighted by Gasteiger charge is 2.14. The maximum absolute atomic E-state index is 11.5. The molecule has 8 heteroatoms. The van der Waals surface area contributed by atoms with E-state index in [1.807, 2.05) is 12.1 Å². The summed E-state index contributed by atoms with van der Waals surface area (Å²) in [6.07, 6.45) is 1.08. The number of nitrogen functional groups attached to an aromatic ring is 1. The molecule has 0 amide bonds. The highest BCUT2D eigenvalue weighted by molar-refractivity contribution is 7.92. The Morgan fingerprint density at radius 1 is 1.11 bits per heavy atom. The van der Waals surface area contributed by atoms with E-state index in [0.717, 1.165) is 11.8 Å². The molecule has 1 heterocycles. The minimum atomic E-state index is -3.40. The third kappa shape index (κ3) is 4.22. The molecule has 3 N–H and O–H groups in total. The molecule has 0 bridgehead atoms. The summed E-state index contributed by atoms with van der Waals surface area (Å²) in [7, 11) is -1.82. The van der Waals surface area contributed by atoms with Crippen molar-refractivity contribution in [2.24, 2.45) is 0 Å². The van der Waals surface area contributed by atoms with Crippen LogP contribution < -0.4 is 15.2 Å². The standard InChI is InChI=1S/C20H18N4O3S/c1-27-16-8-6-13(7-9-16)17-11-19(23-20(22)18(17)12-21)14-4-3-5-15(10-14)24-28(2,25)26/h3-11,24H,1-2H3,(H2,22,23). The number of methoxy groups -OCH3 is 1. The van der Waals surface area contributed by atoms with Crippen LogP contribution in [0.4, 0.5) is 11.5 Å². The van der Waals surface area contributed by atoms with Crippen LogP contribution >= 0.6 is 0 Å². The number of benzene rings is 2. The number of rotatable bonds is 5. The Morgan fingerprint density at radius 3 is 2.43 bits per heavy atom. The summed E-state index contributed by atoms with van der Waals surface area (Å²) in [4.78, 5) is 4.33. The van der Waals surface area contributed by atoms with Crippen LogP contribution in [0.15, 0.2) is 54.6 Å². The number of sulfonamides is 1. The van der Waals surface area contributed by atoms with Crippen LogP contribution in [0.2, 0.25) is 0 Å². The zero-order chi connectivity index (χ0) is 20.3. The molecule has 28 heavy (non-hydrogen) atoms. The quantitative estimate of drug-likeness (QED) is 0.686. The lowest BCUT2D eigenvalue weighted by molar-refractivity contribution is 0.415. The molecule has 3 aromatic rings. The van der Waals surface area contributed by atoms with Gasteiger partial charge in [0, 0.05) is 16.8 Å². The van der Waals surface area contributed by atoms with E-state index in [2.05, 4.69) is 15.8 Å². The molecule has 0 aliphatic carbocycles. The number of nitriles is 1. The zero-order valence-electron chi connectivity index (χ0n) is 15.3. The number of nitrogens with one attached hydrogen (secondary N) is 1. The minimum absolute atomic E-state index is 0.104. The molecule has 7 nitrogen and oxygen atoms in total. The van der Waals surface area contributed by atoms with Gasteiger partial charge < -0.3 is 10.5 Å². The van der Waals surface area contributed by atoms with Crippen molar-refractivity contribution < 1.29 is 13.2 Å². The van der Waals surface area contributed by atoms with E-state index in [0.29, 0.717) is 28.3 Å². The Balaban J connectivity index is 2.12. The van der Waals surface area contributed by atoms with Crippen molar-refractivity contribution in [3.8, 4) is 34.2 Å². The summed E-state index contributed by atoms with van der Waals surface area (Å²) in [5.41, 5.74) is 9.34. The van der Waals surface area contributed by atoms with Crippen LogP contribution in [0, 0.1) is 11.3 Å². The molecule has 3 rings (SSSR count). The molecule has 0 saturated heterocycles. The van der Waals surface area contributed by atoms with Gasteiger partial charge in [-0.2, -0.15) is 5.26 Å². The average molecular weight is 394 g/mol. The van der Waals surface area contributed by atoms with Crippen LogP contribution in [-0.4, -0.2) is 26.8 Å². The van der Waals surface area contributed by atoms with Crippen molar-refractivity contribution in [3.05, 3.63) is 60.2 Å². The summed E-state index contributed by atoms with van der Waals surface area (Å²) in [5, 5.41) is 9.52. The summed E-state index contributed by atoms with van der Waals surface area (Å²) >= 11 is 0. The van der Waals surface area contributed by atoms with Crippen molar-refractivity contribution in [1.29, 1.82) is 5.26 Å². The van der Waals surface area contributed by atoms with Crippen LogP contribution in [-0.2, 0) is 10.0 Å². The van der Waals surface area contributed by atoms with E-state index in [-0.39, 0.29) is 11.4 Å². The van der Waals surface area contributed by atoms with Gasteiger partial charge in [-0.3, -0.25) is 4.72 Å². The normalized spacial score (nSPS) is 10.9. The molecule has 1 aromatic heterocycles. The highest BCUT2D eigenvalue weighted by Crippen LogP contribution is 2.32. The molecule has 0 saturated carbocycles. The maximum Gasteiger partial charge on any atom is 0.229 e. The van der Waals surface area contributed by atoms with Gasteiger partial charge in [-0.25, -0.2) is 13.4 Å². The first kappa shape index (κ1) is 19.2. The van der Waals surface area contributed by atoms with Gasteiger partial charge in [-0.1, -0.05) is 24.3 Å². The van der Waals surface area contributed by atoms with E-state index in [1.165, 1.54) is 0 Å². The average Bonchev–Trinajstić information content (AvgIpc) is 2.66. The van der Waals surface area contributed by atoms with E-state index < -0.39 is 10.0 Å². The number of anilines is 2. The molecular formula is C20H18N4O3S. The number of nitrogens with zero attached hydrogens (tertiary/aromatic N) is 2. The predicted octanol–water partition coefficient (Wildman–Crippen LogP) is 3.25. The smallest absolute Gasteiger partial charge is 0.229 e. The van der Waals surface area contributed by atoms with Gasteiger partial charge >= 0.3 is 0 Å². The van der Waals surface area contributed by atoms with Crippen molar-refractivity contribution in [3.63, 3.8) is 0 Å². The van der Waals surface area contributed by atoms with Crippen LogP contribution in [0.3, 0.4) is 0 Å². The molecule has 0 unspecified atom stereocenters. The number of hydrogen-bond donors (Lipinski definition) is 2. The predicted molar refractivity (Wildman–Crippen MR) is 109 cm³/mol. The number of aromatic nitrogens is 1. The second-order valence-electron chi connectivity index (χ2n) is 6.11. The van der Waals surface area contributed by atoms with Crippen LogP contribution in [0.1, 0.15) is 5.56 Å². The van der Waals surface area contributed by atoms with Gasteiger partial charge in [0.25, 0.3) is 0 Å². The monoisotopic (exact) mass is 394 g/mol. The Bertz CT molecular complexity index is 1170. The largest absolute Gasteiger partial charge is 0.497 e. The fourth-order valence-electron chi connectivity index (χ4n) is 2.78. The van der Waals surface area contributed by atoms with Gasteiger partial charge in [0.05, 0.1) is 19.1 Å². The van der Waals surface area contributed by atoms with Crippen molar-refractivity contribution in [2.75, 3.05) is 23.8 Å². The van der Waals surface area contributed by atoms with Gasteiger partial charge in [0.15, 0.2) is 0 Å². The third-order valence-electron chi connectivity index (χ3n) is 4.02. The minimum Gasteiger partial charge on any atom is -0.497 e. The molecule has 0 atom stereocenters. The lowest BCUT2D eigenvalue weighted by Crippen LogP contribution is -2.09. The summed E-state index contributed by atoms with van der Waals surface area (Å²) in [6.45, 7) is 0. The number of nitrogens with two attached hydrogens (primary N) is 1. The first-order valence-electron chi connectivity index (χ1n) is 8.24. The SMILES string of the molecule is COc1ccc(-c2cc(-c3cccc(NS(C)(=O)=O)c3)nc(N)c2C#N)cc1. The third-order valence-corrected chi connectivity index (χ3v) is 4.63.